The molecule has 0 spiro atoms. The number of hydrogen-bond donors (Lipinski definition) is 1. The van der Waals surface area contributed by atoms with E-state index < -0.39 is 0 Å². The molecule has 1 fully saturated rings. The first kappa shape index (κ1) is 14.5. The van der Waals surface area contributed by atoms with Crippen LogP contribution in [0.5, 0.6) is 0 Å². The summed E-state index contributed by atoms with van der Waals surface area (Å²) in [6.45, 7) is 5.46. The number of hydrogen-bond acceptors (Lipinski definition) is 2. The maximum Gasteiger partial charge on any atom is 0.0493 e. The fraction of sp³-hybridized carbons (Fsp3) is 0.647. The zero-order chi connectivity index (χ0) is 13.8. The molecule has 0 saturated heterocycles. The third-order valence-electron chi connectivity index (χ3n) is 4.38. The average Bonchev–Trinajstić information content (AvgIpc) is 2.81. The molecule has 2 atom stereocenters. The molecular formula is C17H28N2. The molecule has 0 radical (unpaired) electrons. The van der Waals surface area contributed by atoms with E-state index in [0.717, 1.165) is 5.92 Å². The summed E-state index contributed by atoms with van der Waals surface area (Å²) in [5.41, 5.74) is 8.93. The lowest BCUT2D eigenvalue weighted by molar-refractivity contribution is 0.188. The van der Waals surface area contributed by atoms with Crippen molar-refractivity contribution in [2.45, 2.75) is 51.6 Å². The molecule has 2 N–H and O–H groups in total. The van der Waals surface area contributed by atoms with Crippen molar-refractivity contribution < 1.29 is 0 Å². The van der Waals surface area contributed by atoms with Crippen molar-refractivity contribution in [3.63, 3.8) is 0 Å². The van der Waals surface area contributed by atoms with Crippen LogP contribution in [-0.4, -0.2) is 24.5 Å². The lowest BCUT2D eigenvalue weighted by Crippen LogP contribution is -2.39. The minimum Gasteiger partial charge on any atom is -0.326 e. The second-order valence-corrected chi connectivity index (χ2v) is 6.31. The van der Waals surface area contributed by atoms with E-state index in [-0.39, 0.29) is 6.04 Å². The van der Waals surface area contributed by atoms with Gasteiger partial charge in [-0.2, -0.15) is 0 Å². The van der Waals surface area contributed by atoms with Crippen molar-refractivity contribution in [2.24, 2.45) is 11.7 Å². The van der Waals surface area contributed by atoms with E-state index in [1.165, 1.54) is 43.4 Å². The molecule has 1 aromatic carbocycles. The summed E-state index contributed by atoms with van der Waals surface area (Å²) >= 11 is 0. The minimum atomic E-state index is 0.160. The van der Waals surface area contributed by atoms with Gasteiger partial charge in [0.1, 0.15) is 0 Å². The Bertz CT molecular complexity index is 394. The number of benzene rings is 1. The standard InChI is InChI=1S/C17H28N2/c1-13-7-6-10-16(11-13)17(14(2)18)19(3)12-15-8-4-5-9-15/h6-7,10-11,14-15,17H,4-5,8-9,12,18H2,1-3H3. The van der Waals surface area contributed by atoms with Crippen LogP contribution in [0.1, 0.15) is 49.8 Å². The first-order valence-corrected chi connectivity index (χ1v) is 7.60. The van der Waals surface area contributed by atoms with Gasteiger partial charge >= 0.3 is 0 Å². The number of aryl methyl sites for hydroxylation is 1. The summed E-state index contributed by atoms with van der Waals surface area (Å²) in [7, 11) is 2.23. The van der Waals surface area contributed by atoms with Crippen LogP contribution in [0.2, 0.25) is 0 Å². The van der Waals surface area contributed by atoms with E-state index >= 15 is 0 Å². The van der Waals surface area contributed by atoms with Crippen molar-refractivity contribution in [1.82, 2.24) is 4.90 Å². The summed E-state index contributed by atoms with van der Waals surface area (Å²) in [6.07, 6.45) is 5.60. The molecule has 19 heavy (non-hydrogen) atoms. The van der Waals surface area contributed by atoms with Crippen molar-refractivity contribution in [3.8, 4) is 0 Å². The topological polar surface area (TPSA) is 29.3 Å². The maximum atomic E-state index is 6.25. The summed E-state index contributed by atoms with van der Waals surface area (Å²) in [5, 5.41) is 0. The molecule has 0 heterocycles. The van der Waals surface area contributed by atoms with Gasteiger partial charge in [0, 0.05) is 18.6 Å². The summed E-state index contributed by atoms with van der Waals surface area (Å²) in [6, 6.07) is 9.28. The van der Waals surface area contributed by atoms with Gasteiger partial charge in [-0.3, -0.25) is 4.90 Å². The third-order valence-corrected chi connectivity index (χ3v) is 4.38. The lowest BCUT2D eigenvalue weighted by atomic mass is 9.96. The highest BCUT2D eigenvalue weighted by atomic mass is 15.1. The average molecular weight is 260 g/mol. The second-order valence-electron chi connectivity index (χ2n) is 6.31. The molecule has 0 amide bonds. The number of nitrogens with two attached hydrogens (primary N) is 1. The molecule has 2 rings (SSSR count). The van der Waals surface area contributed by atoms with E-state index in [2.05, 4.69) is 50.1 Å². The quantitative estimate of drug-likeness (QED) is 0.878. The van der Waals surface area contributed by atoms with Crippen molar-refractivity contribution in [2.75, 3.05) is 13.6 Å². The molecule has 1 aromatic rings. The highest BCUT2D eigenvalue weighted by Gasteiger charge is 2.25. The van der Waals surface area contributed by atoms with Crippen LogP contribution in [0.3, 0.4) is 0 Å². The Balaban J connectivity index is 2.10. The number of nitrogens with zero attached hydrogens (tertiary/aromatic N) is 1. The van der Waals surface area contributed by atoms with E-state index in [0.29, 0.717) is 6.04 Å². The second kappa shape index (κ2) is 6.53. The Morgan fingerprint density at radius 1 is 1.32 bits per heavy atom. The predicted molar refractivity (Wildman–Crippen MR) is 82.2 cm³/mol. The number of rotatable bonds is 5. The van der Waals surface area contributed by atoms with Gasteiger partial charge in [0.05, 0.1) is 0 Å². The molecule has 2 unspecified atom stereocenters. The van der Waals surface area contributed by atoms with Crippen LogP contribution in [-0.2, 0) is 0 Å². The van der Waals surface area contributed by atoms with Crippen LogP contribution in [0.4, 0.5) is 0 Å². The van der Waals surface area contributed by atoms with E-state index in [1.54, 1.807) is 0 Å². The molecule has 2 nitrogen and oxygen atoms in total. The summed E-state index contributed by atoms with van der Waals surface area (Å²) in [5.74, 6) is 0.871. The molecule has 0 bridgehead atoms. The lowest BCUT2D eigenvalue weighted by Gasteiger charge is -2.33. The highest BCUT2D eigenvalue weighted by Crippen LogP contribution is 2.29. The van der Waals surface area contributed by atoms with Gasteiger partial charge in [-0.25, -0.2) is 0 Å². The van der Waals surface area contributed by atoms with Gasteiger partial charge in [0.2, 0.25) is 0 Å². The van der Waals surface area contributed by atoms with Gasteiger partial charge in [0.15, 0.2) is 0 Å². The Morgan fingerprint density at radius 2 is 2.00 bits per heavy atom. The zero-order valence-corrected chi connectivity index (χ0v) is 12.6. The smallest absolute Gasteiger partial charge is 0.0493 e. The molecule has 106 valence electrons. The van der Waals surface area contributed by atoms with Crippen LogP contribution in [0.15, 0.2) is 24.3 Å². The molecule has 1 aliphatic carbocycles. The van der Waals surface area contributed by atoms with Crippen LogP contribution in [0, 0.1) is 12.8 Å². The summed E-state index contributed by atoms with van der Waals surface area (Å²) in [4.78, 5) is 2.47. The maximum absolute atomic E-state index is 6.25. The van der Waals surface area contributed by atoms with E-state index in [1.807, 2.05) is 0 Å². The van der Waals surface area contributed by atoms with Gasteiger partial charge in [-0.05, 0) is 45.2 Å². The van der Waals surface area contributed by atoms with Crippen molar-refractivity contribution >= 4 is 0 Å². The first-order chi connectivity index (χ1) is 9.08. The molecule has 1 saturated carbocycles. The van der Waals surface area contributed by atoms with Gasteiger partial charge in [-0.1, -0.05) is 42.7 Å². The fourth-order valence-corrected chi connectivity index (χ4v) is 3.53. The fourth-order valence-electron chi connectivity index (χ4n) is 3.53. The third kappa shape index (κ3) is 3.80. The van der Waals surface area contributed by atoms with Gasteiger partial charge in [0.25, 0.3) is 0 Å². The van der Waals surface area contributed by atoms with Gasteiger partial charge in [-0.15, -0.1) is 0 Å². The van der Waals surface area contributed by atoms with Crippen LogP contribution in [0.25, 0.3) is 0 Å². The molecule has 2 heteroatoms. The minimum absolute atomic E-state index is 0.160. The Labute approximate surface area is 118 Å². The SMILES string of the molecule is Cc1cccc(C(C(C)N)N(C)CC2CCCC2)c1. The zero-order valence-electron chi connectivity index (χ0n) is 12.6. The van der Waals surface area contributed by atoms with Crippen LogP contribution < -0.4 is 5.73 Å². The predicted octanol–water partition coefficient (Wildman–Crippen LogP) is 3.51. The highest BCUT2D eigenvalue weighted by molar-refractivity contribution is 5.26. The van der Waals surface area contributed by atoms with E-state index in [4.69, 9.17) is 5.73 Å². The normalized spacial score (nSPS) is 19.8. The van der Waals surface area contributed by atoms with Crippen LogP contribution >= 0.6 is 0 Å². The van der Waals surface area contributed by atoms with E-state index in [9.17, 15) is 0 Å². The Kier molecular flexibility index (Phi) is 5.00. The Hall–Kier alpha value is -0.860. The molecule has 0 aromatic heterocycles. The number of likely N-dealkylation sites (N-methyl/N-ethyl adjacent to an activating group) is 1. The Morgan fingerprint density at radius 3 is 2.58 bits per heavy atom. The summed E-state index contributed by atoms with van der Waals surface area (Å²) < 4.78 is 0. The van der Waals surface area contributed by atoms with Crippen molar-refractivity contribution in [3.05, 3.63) is 35.4 Å². The molecular weight excluding hydrogens is 232 g/mol. The monoisotopic (exact) mass is 260 g/mol. The molecule has 0 aliphatic heterocycles. The molecule has 1 aliphatic rings. The first-order valence-electron chi connectivity index (χ1n) is 7.60. The van der Waals surface area contributed by atoms with Crippen molar-refractivity contribution in [1.29, 1.82) is 0 Å². The van der Waals surface area contributed by atoms with Gasteiger partial charge < -0.3 is 5.73 Å². The largest absolute Gasteiger partial charge is 0.326 e.